The standard InChI is InChI=1S/C17H17N3O/c1-13-11-14(2)20(17(21)16(13)12-18)19-10-6-9-15-7-4-3-5-8-15/h3-5,7-8,10-11H,6,9H2,1-2H3/b19-10+. The molecule has 0 aliphatic heterocycles. The molecule has 0 unspecified atom stereocenters. The zero-order chi connectivity index (χ0) is 15.2. The van der Waals surface area contributed by atoms with E-state index in [1.165, 1.54) is 10.2 Å². The van der Waals surface area contributed by atoms with E-state index in [2.05, 4.69) is 17.2 Å². The van der Waals surface area contributed by atoms with Crippen LogP contribution in [-0.4, -0.2) is 10.9 Å². The summed E-state index contributed by atoms with van der Waals surface area (Å²) in [5, 5.41) is 13.2. The summed E-state index contributed by atoms with van der Waals surface area (Å²) in [4.78, 5) is 12.1. The number of benzene rings is 1. The molecule has 1 heterocycles. The second-order valence-electron chi connectivity index (χ2n) is 4.89. The molecule has 0 radical (unpaired) electrons. The average molecular weight is 279 g/mol. The van der Waals surface area contributed by atoms with Crippen molar-refractivity contribution in [3.8, 4) is 6.07 Å². The van der Waals surface area contributed by atoms with Crippen molar-refractivity contribution in [3.63, 3.8) is 0 Å². The van der Waals surface area contributed by atoms with Gasteiger partial charge in [0.1, 0.15) is 11.6 Å². The van der Waals surface area contributed by atoms with Crippen LogP contribution in [0.25, 0.3) is 0 Å². The molecule has 1 aromatic carbocycles. The van der Waals surface area contributed by atoms with E-state index in [9.17, 15) is 4.79 Å². The molecule has 0 bridgehead atoms. The van der Waals surface area contributed by atoms with Gasteiger partial charge in [-0.2, -0.15) is 10.4 Å². The lowest BCUT2D eigenvalue weighted by Crippen LogP contribution is -2.22. The maximum absolute atomic E-state index is 12.1. The molecule has 1 aromatic heterocycles. The maximum Gasteiger partial charge on any atom is 0.289 e. The summed E-state index contributed by atoms with van der Waals surface area (Å²) in [6.07, 6.45) is 3.33. The largest absolute Gasteiger partial charge is 0.289 e. The molecule has 21 heavy (non-hydrogen) atoms. The number of pyridine rings is 1. The zero-order valence-electron chi connectivity index (χ0n) is 12.2. The summed E-state index contributed by atoms with van der Waals surface area (Å²) in [7, 11) is 0. The first-order valence-corrected chi connectivity index (χ1v) is 6.83. The molecule has 0 N–H and O–H groups in total. The van der Waals surface area contributed by atoms with Gasteiger partial charge in [0.05, 0.1) is 0 Å². The van der Waals surface area contributed by atoms with Crippen LogP contribution in [0, 0.1) is 25.2 Å². The maximum atomic E-state index is 12.1. The quantitative estimate of drug-likeness (QED) is 0.808. The van der Waals surface area contributed by atoms with Gasteiger partial charge in [-0.15, -0.1) is 0 Å². The van der Waals surface area contributed by atoms with E-state index in [4.69, 9.17) is 5.26 Å². The first kappa shape index (κ1) is 14.7. The highest BCUT2D eigenvalue weighted by atomic mass is 16.1. The van der Waals surface area contributed by atoms with E-state index in [0.717, 1.165) is 18.5 Å². The van der Waals surface area contributed by atoms with Crippen molar-refractivity contribution in [2.24, 2.45) is 5.10 Å². The Kier molecular flexibility index (Phi) is 4.68. The van der Waals surface area contributed by atoms with Gasteiger partial charge in [-0.25, -0.2) is 4.68 Å². The van der Waals surface area contributed by atoms with Gasteiger partial charge in [-0.05, 0) is 43.9 Å². The molecular weight excluding hydrogens is 262 g/mol. The average Bonchev–Trinajstić information content (AvgIpc) is 2.47. The lowest BCUT2D eigenvalue weighted by Gasteiger charge is -2.06. The lowest BCUT2D eigenvalue weighted by atomic mass is 10.1. The molecule has 0 saturated carbocycles. The SMILES string of the molecule is Cc1cc(C)n(/N=C/CCc2ccccc2)c(=O)c1C#N. The Hall–Kier alpha value is -2.67. The molecule has 0 aliphatic rings. The van der Waals surface area contributed by atoms with Crippen molar-refractivity contribution in [3.05, 3.63) is 69.1 Å². The van der Waals surface area contributed by atoms with Gasteiger partial charge in [0.25, 0.3) is 5.56 Å². The van der Waals surface area contributed by atoms with Gasteiger partial charge < -0.3 is 0 Å². The zero-order valence-corrected chi connectivity index (χ0v) is 12.2. The second kappa shape index (κ2) is 6.67. The third-order valence-corrected chi connectivity index (χ3v) is 3.27. The summed E-state index contributed by atoms with van der Waals surface area (Å²) < 4.78 is 1.29. The van der Waals surface area contributed by atoms with Crippen LogP contribution < -0.4 is 5.56 Å². The molecule has 106 valence electrons. The van der Waals surface area contributed by atoms with Crippen LogP contribution in [0.2, 0.25) is 0 Å². The highest BCUT2D eigenvalue weighted by Gasteiger charge is 2.08. The van der Waals surface area contributed by atoms with Crippen LogP contribution in [0.4, 0.5) is 0 Å². The molecule has 0 spiro atoms. The summed E-state index contributed by atoms with van der Waals surface area (Å²) in [6, 6.07) is 13.8. The number of aryl methyl sites for hydroxylation is 3. The van der Waals surface area contributed by atoms with Gasteiger partial charge in [-0.3, -0.25) is 4.79 Å². The van der Waals surface area contributed by atoms with Crippen molar-refractivity contribution >= 4 is 6.21 Å². The minimum Gasteiger partial charge on any atom is -0.266 e. The number of hydrogen-bond acceptors (Lipinski definition) is 3. The van der Waals surface area contributed by atoms with Crippen molar-refractivity contribution in [1.82, 2.24) is 4.68 Å². The smallest absolute Gasteiger partial charge is 0.266 e. The van der Waals surface area contributed by atoms with Crippen LogP contribution in [0.3, 0.4) is 0 Å². The van der Waals surface area contributed by atoms with Gasteiger partial charge in [-0.1, -0.05) is 30.3 Å². The summed E-state index contributed by atoms with van der Waals surface area (Å²) in [5.41, 5.74) is 2.45. The topological polar surface area (TPSA) is 58.1 Å². The Balaban J connectivity index is 2.15. The Bertz CT molecular complexity index is 752. The molecular formula is C17H17N3O. The summed E-state index contributed by atoms with van der Waals surface area (Å²) in [5.74, 6) is 0. The van der Waals surface area contributed by atoms with Crippen molar-refractivity contribution in [2.75, 3.05) is 0 Å². The van der Waals surface area contributed by atoms with Gasteiger partial charge in [0, 0.05) is 11.9 Å². The number of aromatic nitrogens is 1. The minimum absolute atomic E-state index is 0.154. The normalized spacial score (nSPS) is 10.7. The van der Waals surface area contributed by atoms with E-state index < -0.39 is 0 Å². The lowest BCUT2D eigenvalue weighted by molar-refractivity contribution is 0.781. The Labute approximate surface area is 124 Å². The van der Waals surface area contributed by atoms with Crippen LogP contribution in [0.5, 0.6) is 0 Å². The highest BCUT2D eigenvalue weighted by Crippen LogP contribution is 2.05. The van der Waals surface area contributed by atoms with Gasteiger partial charge >= 0.3 is 0 Å². The molecule has 4 nitrogen and oxygen atoms in total. The highest BCUT2D eigenvalue weighted by molar-refractivity contribution is 5.57. The van der Waals surface area contributed by atoms with Gasteiger partial charge in [0.15, 0.2) is 0 Å². The predicted octanol–water partition coefficient (Wildman–Crippen LogP) is 2.80. The van der Waals surface area contributed by atoms with Crippen molar-refractivity contribution < 1.29 is 0 Å². The second-order valence-corrected chi connectivity index (χ2v) is 4.89. The van der Waals surface area contributed by atoms with Crippen molar-refractivity contribution in [1.29, 1.82) is 5.26 Å². The molecule has 0 saturated heterocycles. The monoisotopic (exact) mass is 279 g/mol. The number of hydrogen-bond donors (Lipinski definition) is 0. The molecule has 0 fully saturated rings. The van der Waals surface area contributed by atoms with Crippen LogP contribution in [-0.2, 0) is 6.42 Å². The molecule has 0 aliphatic carbocycles. The Morgan fingerprint density at radius 3 is 2.67 bits per heavy atom. The van der Waals surface area contributed by atoms with E-state index in [1.807, 2.05) is 31.2 Å². The fraction of sp³-hybridized carbons (Fsp3) is 0.235. The number of nitrogens with zero attached hydrogens (tertiary/aromatic N) is 3. The molecule has 2 aromatic rings. The third-order valence-electron chi connectivity index (χ3n) is 3.27. The molecule has 0 amide bonds. The fourth-order valence-corrected chi connectivity index (χ4v) is 2.18. The van der Waals surface area contributed by atoms with Crippen LogP contribution >= 0.6 is 0 Å². The predicted molar refractivity (Wildman–Crippen MR) is 83.5 cm³/mol. The molecule has 4 heteroatoms. The Morgan fingerprint density at radius 1 is 1.29 bits per heavy atom. The first-order chi connectivity index (χ1) is 10.1. The van der Waals surface area contributed by atoms with E-state index in [-0.39, 0.29) is 11.1 Å². The summed E-state index contributed by atoms with van der Waals surface area (Å²) in [6.45, 7) is 3.57. The van der Waals surface area contributed by atoms with Crippen molar-refractivity contribution in [2.45, 2.75) is 26.7 Å². The summed E-state index contributed by atoms with van der Waals surface area (Å²) >= 11 is 0. The van der Waals surface area contributed by atoms with E-state index >= 15 is 0 Å². The van der Waals surface area contributed by atoms with E-state index in [1.54, 1.807) is 19.2 Å². The van der Waals surface area contributed by atoms with Crippen LogP contribution in [0.15, 0.2) is 46.3 Å². The number of rotatable bonds is 4. The molecule has 0 atom stereocenters. The van der Waals surface area contributed by atoms with Gasteiger partial charge in [0.2, 0.25) is 0 Å². The van der Waals surface area contributed by atoms with E-state index in [0.29, 0.717) is 5.56 Å². The minimum atomic E-state index is -0.356. The third kappa shape index (κ3) is 3.46. The number of nitriles is 1. The first-order valence-electron chi connectivity index (χ1n) is 6.83. The van der Waals surface area contributed by atoms with Crippen LogP contribution in [0.1, 0.15) is 28.8 Å². The molecule has 2 rings (SSSR count). The fourth-order valence-electron chi connectivity index (χ4n) is 2.18. The Morgan fingerprint density at radius 2 is 2.00 bits per heavy atom.